The highest BCUT2D eigenvalue weighted by atomic mass is 32.1. The molecule has 0 unspecified atom stereocenters. The number of aryl methyl sites for hydroxylation is 2. The standard InChI is InChI=1S/C17H18FN3O2S/c1-11-14-10-15(24-17(14)21(3)19-11)16(22)20(2)8-9-23-13-6-4-12(18)5-7-13/h4-7,10H,8-9H2,1-3H3. The van der Waals surface area contributed by atoms with Crippen molar-refractivity contribution in [1.29, 1.82) is 0 Å². The summed E-state index contributed by atoms with van der Waals surface area (Å²) in [6.45, 7) is 2.73. The Hall–Kier alpha value is -2.41. The number of hydrogen-bond acceptors (Lipinski definition) is 4. The van der Waals surface area contributed by atoms with Crippen LogP contribution in [0.2, 0.25) is 0 Å². The fourth-order valence-corrected chi connectivity index (χ4v) is 3.55. The van der Waals surface area contributed by atoms with Crippen LogP contribution in [0.4, 0.5) is 4.39 Å². The zero-order chi connectivity index (χ0) is 17.3. The largest absolute Gasteiger partial charge is 0.492 e. The molecule has 0 saturated carbocycles. The highest BCUT2D eigenvalue weighted by Crippen LogP contribution is 2.28. The maximum absolute atomic E-state index is 12.8. The molecule has 3 rings (SSSR count). The first-order chi connectivity index (χ1) is 11.5. The van der Waals surface area contributed by atoms with E-state index in [1.807, 2.05) is 20.0 Å². The highest BCUT2D eigenvalue weighted by Gasteiger charge is 2.18. The second kappa shape index (κ2) is 6.60. The first-order valence-corrected chi connectivity index (χ1v) is 8.34. The molecule has 0 aliphatic heterocycles. The van der Waals surface area contributed by atoms with Gasteiger partial charge in [0.05, 0.1) is 17.1 Å². The number of carbonyl (C=O) groups excluding carboxylic acids is 1. The molecule has 1 amide bonds. The third-order valence-electron chi connectivity index (χ3n) is 3.76. The van der Waals surface area contributed by atoms with Crippen molar-refractivity contribution in [2.45, 2.75) is 6.92 Å². The van der Waals surface area contributed by atoms with E-state index in [0.717, 1.165) is 15.9 Å². The smallest absolute Gasteiger partial charge is 0.263 e. The second-order valence-electron chi connectivity index (χ2n) is 5.57. The molecule has 24 heavy (non-hydrogen) atoms. The third kappa shape index (κ3) is 3.26. The summed E-state index contributed by atoms with van der Waals surface area (Å²) >= 11 is 1.44. The minimum atomic E-state index is -0.302. The van der Waals surface area contributed by atoms with Gasteiger partial charge in [0.2, 0.25) is 0 Å². The van der Waals surface area contributed by atoms with Crippen molar-refractivity contribution in [3.63, 3.8) is 0 Å². The molecular formula is C17H18FN3O2S. The Bertz CT molecular complexity index is 835. The summed E-state index contributed by atoms with van der Waals surface area (Å²) in [7, 11) is 3.62. The molecule has 7 heteroatoms. The number of hydrogen-bond donors (Lipinski definition) is 0. The number of likely N-dealkylation sites (N-methyl/N-ethyl adjacent to an activating group) is 1. The lowest BCUT2D eigenvalue weighted by atomic mass is 10.3. The molecule has 3 aromatic rings. The van der Waals surface area contributed by atoms with E-state index < -0.39 is 0 Å². The maximum Gasteiger partial charge on any atom is 0.263 e. The summed E-state index contributed by atoms with van der Waals surface area (Å²) in [4.78, 5) is 15.8. The van der Waals surface area contributed by atoms with E-state index in [0.29, 0.717) is 23.8 Å². The van der Waals surface area contributed by atoms with Crippen LogP contribution in [0.3, 0.4) is 0 Å². The minimum absolute atomic E-state index is 0.0432. The summed E-state index contributed by atoms with van der Waals surface area (Å²) < 4.78 is 20.2. The lowest BCUT2D eigenvalue weighted by Gasteiger charge is -2.16. The monoisotopic (exact) mass is 347 g/mol. The number of nitrogens with zero attached hydrogens (tertiary/aromatic N) is 3. The van der Waals surface area contributed by atoms with Gasteiger partial charge in [-0.3, -0.25) is 9.48 Å². The Morgan fingerprint density at radius 3 is 2.75 bits per heavy atom. The summed E-state index contributed by atoms with van der Waals surface area (Å²) in [5, 5.41) is 5.36. The molecule has 0 saturated heterocycles. The number of fused-ring (bicyclic) bond motifs is 1. The summed E-state index contributed by atoms with van der Waals surface area (Å²) in [5.41, 5.74) is 0.921. The molecule has 1 aromatic carbocycles. The van der Waals surface area contributed by atoms with Gasteiger partial charge in [0.1, 0.15) is 23.0 Å². The van der Waals surface area contributed by atoms with Gasteiger partial charge in [0.15, 0.2) is 0 Å². The topological polar surface area (TPSA) is 47.4 Å². The maximum atomic E-state index is 12.8. The highest BCUT2D eigenvalue weighted by molar-refractivity contribution is 7.20. The van der Waals surface area contributed by atoms with Gasteiger partial charge in [-0.05, 0) is 37.3 Å². The van der Waals surface area contributed by atoms with Crippen molar-refractivity contribution < 1.29 is 13.9 Å². The quantitative estimate of drug-likeness (QED) is 0.712. The van der Waals surface area contributed by atoms with E-state index >= 15 is 0 Å². The van der Waals surface area contributed by atoms with Crippen molar-refractivity contribution in [2.24, 2.45) is 7.05 Å². The molecule has 0 fully saturated rings. The molecule has 126 valence electrons. The second-order valence-corrected chi connectivity index (χ2v) is 6.60. The van der Waals surface area contributed by atoms with Crippen molar-refractivity contribution in [3.05, 3.63) is 46.7 Å². The number of rotatable bonds is 5. The zero-order valence-corrected chi connectivity index (χ0v) is 14.6. The van der Waals surface area contributed by atoms with Crippen molar-refractivity contribution in [1.82, 2.24) is 14.7 Å². The van der Waals surface area contributed by atoms with Crippen molar-refractivity contribution in [2.75, 3.05) is 20.2 Å². The Morgan fingerprint density at radius 2 is 2.08 bits per heavy atom. The predicted molar refractivity (Wildman–Crippen MR) is 92.2 cm³/mol. The van der Waals surface area contributed by atoms with Crippen LogP contribution in [0.25, 0.3) is 10.2 Å². The number of amides is 1. The number of benzene rings is 1. The Kier molecular flexibility index (Phi) is 4.53. The lowest BCUT2D eigenvalue weighted by molar-refractivity contribution is 0.0778. The van der Waals surface area contributed by atoms with Crippen LogP contribution < -0.4 is 4.74 Å². The van der Waals surface area contributed by atoms with Crippen LogP contribution in [0.1, 0.15) is 15.4 Å². The molecule has 0 N–H and O–H groups in total. The van der Waals surface area contributed by atoms with E-state index in [1.54, 1.807) is 28.8 Å². The summed E-state index contributed by atoms with van der Waals surface area (Å²) in [5.74, 6) is 0.239. The number of halogens is 1. The van der Waals surface area contributed by atoms with Gasteiger partial charge in [0, 0.05) is 19.5 Å². The van der Waals surface area contributed by atoms with E-state index in [1.165, 1.54) is 23.5 Å². The Labute approximate surface area is 143 Å². The Balaban J connectivity index is 1.61. The number of thiophene rings is 1. The average molecular weight is 347 g/mol. The van der Waals surface area contributed by atoms with Gasteiger partial charge in [-0.1, -0.05) is 0 Å². The molecule has 0 aliphatic carbocycles. The third-order valence-corrected chi connectivity index (χ3v) is 4.95. The molecule has 0 aliphatic rings. The molecular weight excluding hydrogens is 329 g/mol. The van der Waals surface area contributed by atoms with Crippen LogP contribution in [0.5, 0.6) is 5.75 Å². The fraction of sp³-hybridized carbons (Fsp3) is 0.294. The van der Waals surface area contributed by atoms with Crippen LogP contribution in [-0.2, 0) is 7.05 Å². The fourth-order valence-electron chi connectivity index (χ4n) is 2.43. The molecule has 0 atom stereocenters. The summed E-state index contributed by atoms with van der Waals surface area (Å²) in [6.07, 6.45) is 0. The van der Waals surface area contributed by atoms with Crippen LogP contribution in [0, 0.1) is 12.7 Å². The van der Waals surface area contributed by atoms with Gasteiger partial charge in [-0.2, -0.15) is 5.10 Å². The van der Waals surface area contributed by atoms with Gasteiger partial charge >= 0.3 is 0 Å². The first kappa shape index (κ1) is 16.4. The zero-order valence-electron chi connectivity index (χ0n) is 13.7. The molecule has 0 bridgehead atoms. The van der Waals surface area contributed by atoms with Gasteiger partial charge in [-0.15, -0.1) is 11.3 Å². The number of aromatic nitrogens is 2. The molecule has 2 heterocycles. The normalized spacial score (nSPS) is 11.0. The van der Waals surface area contributed by atoms with Gasteiger partial charge in [0.25, 0.3) is 5.91 Å². The first-order valence-electron chi connectivity index (χ1n) is 7.52. The van der Waals surface area contributed by atoms with E-state index in [-0.39, 0.29) is 11.7 Å². The lowest BCUT2D eigenvalue weighted by Crippen LogP contribution is -2.30. The molecule has 0 radical (unpaired) electrons. The molecule has 0 spiro atoms. The van der Waals surface area contributed by atoms with Gasteiger partial charge < -0.3 is 9.64 Å². The van der Waals surface area contributed by atoms with Crippen molar-refractivity contribution in [3.8, 4) is 5.75 Å². The van der Waals surface area contributed by atoms with Gasteiger partial charge in [-0.25, -0.2) is 4.39 Å². The van der Waals surface area contributed by atoms with Crippen LogP contribution >= 0.6 is 11.3 Å². The average Bonchev–Trinajstić information content (AvgIpc) is 3.10. The van der Waals surface area contributed by atoms with E-state index in [9.17, 15) is 9.18 Å². The molecule has 5 nitrogen and oxygen atoms in total. The number of ether oxygens (including phenoxy) is 1. The van der Waals surface area contributed by atoms with Crippen molar-refractivity contribution >= 4 is 27.5 Å². The minimum Gasteiger partial charge on any atom is -0.492 e. The number of carbonyl (C=O) groups is 1. The van der Waals surface area contributed by atoms with E-state index in [4.69, 9.17) is 4.74 Å². The van der Waals surface area contributed by atoms with E-state index in [2.05, 4.69) is 5.10 Å². The van der Waals surface area contributed by atoms with Crippen LogP contribution in [0.15, 0.2) is 30.3 Å². The SMILES string of the molecule is Cc1nn(C)c2sc(C(=O)N(C)CCOc3ccc(F)cc3)cc12. The van der Waals surface area contributed by atoms with Crippen LogP contribution in [-0.4, -0.2) is 40.8 Å². The summed E-state index contributed by atoms with van der Waals surface area (Å²) in [6, 6.07) is 7.72. The molecule has 2 aromatic heterocycles. The predicted octanol–water partition coefficient (Wildman–Crippen LogP) is 3.23. The Morgan fingerprint density at radius 1 is 1.38 bits per heavy atom.